The van der Waals surface area contributed by atoms with E-state index < -0.39 is 51.9 Å². The Kier molecular flexibility index (Phi) is 12.4. The van der Waals surface area contributed by atoms with E-state index in [-0.39, 0.29) is 45.0 Å². The maximum absolute atomic E-state index is 14.5. The number of amides is 2. The lowest BCUT2D eigenvalue weighted by atomic mass is 10.0. The molecule has 254 valence electrons. The second kappa shape index (κ2) is 16.1. The lowest BCUT2D eigenvalue weighted by molar-refractivity contribution is -0.140. The van der Waals surface area contributed by atoms with Crippen LogP contribution in [0.25, 0.3) is 0 Å². The molecule has 7 nitrogen and oxygen atoms in total. The Hall–Kier alpha value is -3.77. The van der Waals surface area contributed by atoms with E-state index in [1.807, 2.05) is 6.92 Å². The number of carbonyl (C=O) groups is 2. The third kappa shape index (κ3) is 9.02. The number of benzene rings is 4. The first-order valence-corrected chi connectivity index (χ1v) is 17.3. The highest BCUT2D eigenvalue weighted by Crippen LogP contribution is 2.38. The molecule has 0 radical (unpaired) electrons. The highest BCUT2D eigenvalue weighted by molar-refractivity contribution is 7.92. The predicted octanol–water partition coefficient (Wildman–Crippen LogP) is 8.03. The summed E-state index contributed by atoms with van der Waals surface area (Å²) in [6.07, 6.45) is -4.25. The van der Waals surface area contributed by atoms with E-state index in [0.29, 0.717) is 28.4 Å². The molecule has 0 aliphatic carbocycles. The number of rotatable bonds is 13. The molecule has 1 unspecified atom stereocenters. The molecule has 0 aromatic heterocycles. The van der Waals surface area contributed by atoms with Crippen molar-refractivity contribution in [3.8, 4) is 0 Å². The monoisotopic (exact) mass is 739 g/mol. The van der Waals surface area contributed by atoms with Gasteiger partial charge in [-0.2, -0.15) is 13.2 Å². The van der Waals surface area contributed by atoms with Crippen molar-refractivity contribution < 1.29 is 31.2 Å². The van der Waals surface area contributed by atoms with Crippen molar-refractivity contribution in [1.82, 2.24) is 10.2 Å². The summed E-state index contributed by atoms with van der Waals surface area (Å²) < 4.78 is 70.2. The predicted molar refractivity (Wildman–Crippen MR) is 182 cm³/mol. The van der Waals surface area contributed by atoms with Crippen LogP contribution in [0.5, 0.6) is 0 Å². The first-order chi connectivity index (χ1) is 22.7. The van der Waals surface area contributed by atoms with Crippen molar-refractivity contribution in [2.24, 2.45) is 0 Å². The summed E-state index contributed by atoms with van der Waals surface area (Å²) in [6, 6.07) is 21.4. The van der Waals surface area contributed by atoms with Crippen LogP contribution in [-0.4, -0.2) is 44.3 Å². The number of nitrogens with one attached hydrogen (secondary N) is 1. The molecule has 0 aliphatic rings. The van der Waals surface area contributed by atoms with Crippen LogP contribution in [-0.2, 0) is 38.8 Å². The Balaban J connectivity index is 1.89. The molecule has 0 bridgehead atoms. The van der Waals surface area contributed by atoms with Crippen LogP contribution in [0.4, 0.5) is 18.9 Å². The van der Waals surface area contributed by atoms with Crippen LogP contribution in [0.15, 0.2) is 102 Å². The van der Waals surface area contributed by atoms with Gasteiger partial charge < -0.3 is 10.2 Å². The number of halogens is 6. The van der Waals surface area contributed by atoms with Gasteiger partial charge in [0.1, 0.15) is 12.6 Å². The number of anilines is 1. The summed E-state index contributed by atoms with van der Waals surface area (Å²) in [5.74, 6) is -1.46. The summed E-state index contributed by atoms with van der Waals surface area (Å²) in [4.78, 5) is 29.1. The van der Waals surface area contributed by atoms with Gasteiger partial charge in [-0.05, 0) is 54.4 Å². The molecule has 0 saturated heterocycles. The SMILES string of the molecule is CCCNC(=O)C(Cc1ccccc1)N(Cc1c(Cl)cccc1Cl)C(=O)CN(c1cc(C(F)(F)F)ccc1Cl)S(=O)(=O)c1ccccc1. The van der Waals surface area contributed by atoms with Crippen LogP contribution in [0, 0.1) is 0 Å². The van der Waals surface area contributed by atoms with Crippen molar-refractivity contribution in [3.63, 3.8) is 0 Å². The first-order valence-electron chi connectivity index (χ1n) is 14.7. The molecule has 0 saturated carbocycles. The molecule has 0 fully saturated rings. The zero-order valence-corrected chi connectivity index (χ0v) is 28.6. The number of sulfonamides is 1. The van der Waals surface area contributed by atoms with E-state index in [1.54, 1.807) is 54.6 Å². The van der Waals surface area contributed by atoms with Crippen LogP contribution in [0.3, 0.4) is 0 Å². The number of hydrogen-bond acceptors (Lipinski definition) is 4. The van der Waals surface area contributed by atoms with Crippen molar-refractivity contribution in [1.29, 1.82) is 0 Å². The Morgan fingerprint density at radius 2 is 1.44 bits per heavy atom. The van der Waals surface area contributed by atoms with Gasteiger partial charge >= 0.3 is 6.18 Å². The lowest BCUT2D eigenvalue weighted by Crippen LogP contribution is -2.53. The lowest BCUT2D eigenvalue weighted by Gasteiger charge is -2.34. The molecule has 4 rings (SSSR count). The van der Waals surface area contributed by atoms with Crippen LogP contribution in [0.2, 0.25) is 15.1 Å². The van der Waals surface area contributed by atoms with Gasteiger partial charge in [0, 0.05) is 35.1 Å². The quantitative estimate of drug-likeness (QED) is 0.151. The molecule has 0 spiro atoms. The Bertz CT molecular complexity index is 1830. The van der Waals surface area contributed by atoms with Gasteiger partial charge in [0.2, 0.25) is 11.8 Å². The fourth-order valence-electron chi connectivity index (χ4n) is 4.89. The fraction of sp³-hybridized carbons (Fsp3) is 0.235. The fourth-order valence-corrected chi connectivity index (χ4v) is 7.12. The first kappa shape index (κ1) is 37.1. The van der Waals surface area contributed by atoms with E-state index in [0.717, 1.165) is 11.0 Å². The zero-order valence-electron chi connectivity index (χ0n) is 25.6. The van der Waals surface area contributed by atoms with Crippen LogP contribution in [0.1, 0.15) is 30.0 Å². The summed E-state index contributed by atoms with van der Waals surface area (Å²) in [5, 5.41) is 2.82. The Morgan fingerprint density at radius 3 is 2.02 bits per heavy atom. The van der Waals surface area contributed by atoms with Gasteiger partial charge in [0.25, 0.3) is 10.0 Å². The zero-order chi connectivity index (χ0) is 35.1. The molecule has 1 atom stereocenters. The maximum Gasteiger partial charge on any atom is 0.416 e. The van der Waals surface area contributed by atoms with E-state index in [9.17, 15) is 31.2 Å². The number of hydrogen-bond donors (Lipinski definition) is 1. The third-order valence-electron chi connectivity index (χ3n) is 7.36. The van der Waals surface area contributed by atoms with Gasteiger partial charge in [0.15, 0.2) is 0 Å². The highest BCUT2D eigenvalue weighted by Gasteiger charge is 2.37. The Labute approximate surface area is 292 Å². The number of carbonyl (C=O) groups excluding carboxylic acids is 2. The minimum Gasteiger partial charge on any atom is -0.354 e. The van der Waals surface area contributed by atoms with E-state index in [2.05, 4.69) is 5.32 Å². The van der Waals surface area contributed by atoms with Crippen molar-refractivity contribution in [3.05, 3.63) is 129 Å². The summed E-state index contributed by atoms with van der Waals surface area (Å²) in [5.41, 5.74) is -0.783. The summed E-state index contributed by atoms with van der Waals surface area (Å²) in [6.45, 7) is 0.786. The molecule has 0 aliphatic heterocycles. The number of alkyl halides is 3. The van der Waals surface area contributed by atoms with Gasteiger partial charge in [0.05, 0.1) is 21.2 Å². The smallest absolute Gasteiger partial charge is 0.354 e. The normalized spacial score (nSPS) is 12.3. The third-order valence-corrected chi connectivity index (χ3v) is 10.2. The maximum atomic E-state index is 14.5. The topological polar surface area (TPSA) is 86.8 Å². The van der Waals surface area contributed by atoms with Gasteiger partial charge in [-0.25, -0.2) is 8.42 Å². The summed E-state index contributed by atoms with van der Waals surface area (Å²) >= 11 is 19.3. The van der Waals surface area contributed by atoms with Crippen LogP contribution < -0.4 is 9.62 Å². The molecule has 14 heteroatoms. The molecule has 1 N–H and O–H groups in total. The van der Waals surface area contributed by atoms with Gasteiger partial charge in [-0.1, -0.05) is 96.3 Å². The average Bonchev–Trinajstić information content (AvgIpc) is 3.05. The van der Waals surface area contributed by atoms with E-state index in [1.165, 1.54) is 24.3 Å². The molecule has 4 aromatic carbocycles. The van der Waals surface area contributed by atoms with Gasteiger partial charge in [-0.15, -0.1) is 0 Å². The standard InChI is InChI=1S/C34H31Cl3F3N3O4S/c1-2-18-41-33(45)31(19-23-10-5-3-6-11-23)42(21-26-27(35)14-9-15-28(26)36)32(44)22-43(48(46,47)25-12-7-4-8-13-25)30-20-24(34(38,39)40)16-17-29(30)37/h3-17,20,31H,2,18-19,21-22H2,1H3,(H,41,45). The largest absolute Gasteiger partial charge is 0.416 e. The molecular formula is C34H31Cl3F3N3O4S. The van der Waals surface area contributed by atoms with Crippen molar-refractivity contribution in [2.75, 3.05) is 17.4 Å². The minimum absolute atomic E-state index is 0.0138. The second-order valence-electron chi connectivity index (χ2n) is 10.7. The molecule has 4 aromatic rings. The van der Waals surface area contributed by atoms with Crippen molar-refractivity contribution >= 4 is 62.3 Å². The van der Waals surface area contributed by atoms with Crippen molar-refractivity contribution in [2.45, 2.75) is 43.4 Å². The Morgan fingerprint density at radius 1 is 0.833 bits per heavy atom. The van der Waals surface area contributed by atoms with E-state index in [4.69, 9.17) is 34.8 Å². The summed E-state index contributed by atoms with van der Waals surface area (Å²) in [7, 11) is -4.69. The highest BCUT2D eigenvalue weighted by atomic mass is 35.5. The molecule has 48 heavy (non-hydrogen) atoms. The molecule has 2 amide bonds. The van der Waals surface area contributed by atoms with Crippen LogP contribution >= 0.6 is 34.8 Å². The average molecular weight is 741 g/mol. The van der Waals surface area contributed by atoms with Gasteiger partial charge in [-0.3, -0.25) is 13.9 Å². The second-order valence-corrected chi connectivity index (χ2v) is 13.8. The molecule has 0 heterocycles. The minimum atomic E-state index is -4.85. The number of nitrogens with zero attached hydrogens (tertiary/aromatic N) is 2. The van der Waals surface area contributed by atoms with E-state index >= 15 is 0 Å². The molecular weight excluding hydrogens is 710 g/mol.